The molecule has 2 heterocycles. The quantitative estimate of drug-likeness (QED) is 0.484. The Labute approximate surface area is 207 Å². The van der Waals surface area contributed by atoms with Crippen molar-refractivity contribution in [3.8, 4) is 0 Å². The van der Waals surface area contributed by atoms with E-state index in [1.54, 1.807) is 24.0 Å². The fourth-order valence-electron chi connectivity index (χ4n) is 4.78. The number of aromatic amines is 1. The van der Waals surface area contributed by atoms with E-state index in [4.69, 9.17) is 5.11 Å². The lowest BCUT2D eigenvalue weighted by Gasteiger charge is -2.32. The Morgan fingerprint density at radius 1 is 1.17 bits per heavy atom. The zero-order chi connectivity index (χ0) is 26.0. The first-order valence-electron chi connectivity index (χ1n) is 12.0. The minimum absolute atomic E-state index is 0.0253. The Kier molecular flexibility index (Phi) is 7.28. The maximum Gasteiger partial charge on any atom is 0.335 e. The van der Waals surface area contributed by atoms with Crippen LogP contribution in [0.2, 0.25) is 0 Å². The molecule has 2 aromatic carbocycles. The molecule has 0 bridgehead atoms. The highest BCUT2D eigenvalue weighted by atomic mass is 19.1. The molecule has 1 atom stereocenters. The van der Waals surface area contributed by atoms with Crippen LogP contribution < -0.4 is 5.56 Å². The van der Waals surface area contributed by atoms with Crippen molar-refractivity contribution in [2.45, 2.75) is 39.5 Å². The van der Waals surface area contributed by atoms with Crippen molar-refractivity contribution in [2.24, 2.45) is 11.8 Å². The number of carboxylic acids is 1. The summed E-state index contributed by atoms with van der Waals surface area (Å²) in [4.78, 5) is 58.2. The lowest BCUT2D eigenvalue weighted by atomic mass is 9.88. The third-order valence-corrected chi connectivity index (χ3v) is 6.69. The Bertz CT molecular complexity index is 1390. The Hall–Kier alpha value is -3.88. The molecule has 36 heavy (non-hydrogen) atoms. The Morgan fingerprint density at radius 3 is 2.56 bits per heavy atom. The van der Waals surface area contributed by atoms with Gasteiger partial charge in [0.25, 0.3) is 5.56 Å². The molecule has 8 nitrogen and oxygen atoms in total. The van der Waals surface area contributed by atoms with Gasteiger partial charge in [-0.1, -0.05) is 19.1 Å². The zero-order valence-electron chi connectivity index (χ0n) is 20.2. The molecular weight excluding hydrogens is 465 g/mol. The smallest absolute Gasteiger partial charge is 0.335 e. The molecule has 4 rings (SSSR count). The van der Waals surface area contributed by atoms with Crippen LogP contribution in [0.3, 0.4) is 0 Å². The monoisotopic (exact) mass is 493 g/mol. The highest BCUT2D eigenvalue weighted by Crippen LogP contribution is 2.24. The topological polar surface area (TPSA) is 120 Å². The zero-order valence-corrected chi connectivity index (χ0v) is 20.2. The van der Waals surface area contributed by atoms with Gasteiger partial charge in [-0.05, 0) is 55.5 Å². The number of carbonyl (C=O) groups excluding carboxylic acids is 2. The molecule has 1 aliphatic heterocycles. The molecule has 0 spiro atoms. The molecule has 1 amide bonds. The molecule has 1 aliphatic rings. The van der Waals surface area contributed by atoms with Crippen molar-refractivity contribution in [1.82, 2.24) is 14.9 Å². The number of piperidine rings is 1. The van der Waals surface area contributed by atoms with Gasteiger partial charge in [-0.15, -0.1) is 0 Å². The number of benzene rings is 2. The maximum atomic E-state index is 13.6. The average Bonchev–Trinajstić information content (AvgIpc) is 2.84. The van der Waals surface area contributed by atoms with Gasteiger partial charge >= 0.3 is 5.97 Å². The molecule has 0 radical (unpaired) electrons. The second kappa shape index (κ2) is 10.4. The summed E-state index contributed by atoms with van der Waals surface area (Å²) in [6, 6.07) is 8.54. The van der Waals surface area contributed by atoms with Crippen molar-refractivity contribution in [2.75, 3.05) is 13.1 Å². The van der Waals surface area contributed by atoms with E-state index in [1.807, 2.05) is 6.92 Å². The summed E-state index contributed by atoms with van der Waals surface area (Å²) in [6.07, 6.45) is 1.70. The molecule has 1 aromatic heterocycles. The lowest BCUT2D eigenvalue weighted by molar-refractivity contribution is -0.133. The second-order valence-corrected chi connectivity index (χ2v) is 9.55. The first-order chi connectivity index (χ1) is 17.1. The van der Waals surface area contributed by atoms with Crippen LogP contribution in [-0.2, 0) is 11.2 Å². The summed E-state index contributed by atoms with van der Waals surface area (Å²) in [5, 5.41) is 9.36. The van der Waals surface area contributed by atoms with E-state index in [9.17, 15) is 23.6 Å². The van der Waals surface area contributed by atoms with Gasteiger partial charge in [0, 0.05) is 37.4 Å². The highest BCUT2D eigenvalue weighted by Gasteiger charge is 2.29. The minimum Gasteiger partial charge on any atom is -0.478 e. The molecule has 0 unspecified atom stereocenters. The number of hydrogen-bond donors (Lipinski definition) is 2. The third-order valence-electron chi connectivity index (χ3n) is 6.69. The fourth-order valence-corrected chi connectivity index (χ4v) is 4.78. The third kappa shape index (κ3) is 5.50. The molecule has 1 saturated heterocycles. The second-order valence-electron chi connectivity index (χ2n) is 9.55. The van der Waals surface area contributed by atoms with Gasteiger partial charge in [-0.2, -0.15) is 0 Å². The molecular formula is C27H28FN3O5. The summed E-state index contributed by atoms with van der Waals surface area (Å²) in [6.45, 7) is 4.52. The molecule has 0 aliphatic carbocycles. The number of carboxylic acid groups (broad SMARTS) is 1. The average molecular weight is 494 g/mol. The number of halogens is 1. The number of nitrogens with one attached hydrogen (secondary N) is 1. The molecule has 2 N–H and O–H groups in total. The van der Waals surface area contributed by atoms with Crippen molar-refractivity contribution in [3.63, 3.8) is 0 Å². The largest absolute Gasteiger partial charge is 0.478 e. The number of amides is 1. The van der Waals surface area contributed by atoms with Crippen LogP contribution in [0.25, 0.3) is 10.9 Å². The van der Waals surface area contributed by atoms with E-state index in [1.165, 1.54) is 24.3 Å². The van der Waals surface area contributed by atoms with Gasteiger partial charge in [0.15, 0.2) is 5.78 Å². The van der Waals surface area contributed by atoms with Crippen LogP contribution in [0.4, 0.5) is 4.39 Å². The van der Waals surface area contributed by atoms with Crippen molar-refractivity contribution in [1.29, 1.82) is 0 Å². The van der Waals surface area contributed by atoms with Gasteiger partial charge < -0.3 is 15.0 Å². The SMILES string of the molecule is Cc1cc(F)cc2c(=O)[nH]c(C[C@@H](C)CC(=O)N3CCC(C(=O)c4cccc(C(=O)O)c4)CC3)nc12. The van der Waals surface area contributed by atoms with Crippen molar-refractivity contribution in [3.05, 3.63) is 75.1 Å². The number of hydrogen-bond acceptors (Lipinski definition) is 5. The van der Waals surface area contributed by atoms with Crippen molar-refractivity contribution < 1.29 is 23.9 Å². The number of carbonyl (C=O) groups is 3. The molecule has 0 saturated carbocycles. The van der Waals surface area contributed by atoms with Crippen LogP contribution in [0.1, 0.15) is 58.3 Å². The summed E-state index contributed by atoms with van der Waals surface area (Å²) < 4.78 is 13.6. The van der Waals surface area contributed by atoms with Crippen LogP contribution in [0.5, 0.6) is 0 Å². The number of likely N-dealkylation sites (tertiary alicyclic amines) is 1. The molecule has 9 heteroatoms. The normalized spacial score (nSPS) is 15.1. The van der Waals surface area contributed by atoms with E-state index in [-0.39, 0.29) is 40.9 Å². The maximum absolute atomic E-state index is 13.6. The molecule has 3 aromatic rings. The van der Waals surface area contributed by atoms with Gasteiger partial charge in [-0.25, -0.2) is 14.2 Å². The van der Waals surface area contributed by atoms with E-state index in [0.29, 0.717) is 54.8 Å². The minimum atomic E-state index is -1.08. The molecule has 188 valence electrons. The number of aryl methyl sites for hydroxylation is 1. The number of ketones is 1. The standard InChI is InChI=1S/C27H28FN3O5/c1-15(10-22-29-24-16(2)12-20(28)14-21(24)26(34)30-22)11-23(32)31-8-6-17(7-9-31)25(33)18-4-3-5-19(13-18)27(35)36/h3-5,12-15,17H,6-11H2,1-2H3,(H,35,36)(H,29,30,34)/t15-/m1/s1. The number of aromatic nitrogens is 2. The summed E-state index contributed by atoms with van der Waals surface area (Å²) in [7, 11) is 0. The van der Waals surface area contributed by atoms with Gasteiger partial charge in [0.2, 0.25) is 5.91 Å². The predicted molar refractivity (Wildman–Crippen MR) is 132 cm³/mol. The lowest BCUT2D eigenvalue weighted by Crippen LogP contribution is -2.41. The Morgan fingerprint density at radius 2 is 1.86 bits per heavy atom. The van der Waals surface area contributed by atoms with Gasteiger partial charge in [-0.3, -0.25) is 14.4 Å². The van der Waals surface area contributed by atoms with Crippen LogP contribution in [0.15, 0.2) is 41.2 Å². The summed E-state index contributed by atoms with van der Waals surface area (Å²) in [5.41, 5.74) is 1.08. The van der Waals surface area contributed by atoms with Crippen LogP contribution in [-0.4, -0.2) is 50.7 Å². The van der Waals surface area contributed by atoms with Crippen LogP contribution in [0, 0.1) is 24.6 Å². The number of H-pyrrole nitrogens is 1. The van der Waals surface area contributed by atoms with Gasteiger partial charge in [0.1, 0.15) is 11.6 Å². The summed E-state index contributed by atoms with van der Waals surface area (Å²) >= 11 is 0. The van der Waals surface area contributed by atoms with E-state index < -0.39 is 17.3 Å². The van der Waals surface area contributed by atoms with E-state index in [0.717, 1.165) is 0 Å². The van der Waals surface area contributed by atoms with E-state index in [2.05, 4.69) is 9.97 Å². The number of rotatable bonds is 7. The first-order valence-corrected chi connectivity index (χ1v) is 12.0. The number of nitrogens with zero attached hydrogens (tertiary/aromatic N) is 2. The first kappa shape index (κ1) is 25.2. The predicted octanol–water partition coefficient (Wildman–Crippen LogP) is 3.76. The number of fused-ring (bicyclic) bond motifs is 1. The number of Topliss-reactive ketones (excluding diaryl/α,β-unsaturated/α-hetero) is 1. The number of aromatic carboxylic acids is 1. The molecule has 1 fully saturated rings. The fraction of sp³-hybridized carbons (Fsp3) is 0.370. The highest BCUT2D eigenvalue weighted by molar-refractivity contribution is 6.00. The van der Waals surface area contributed by atoms with Crippen LogP contribution >= 0.6 is 0 Å². The summed E-state index contributed by atoms with van der Waals surface area (Å²) in [5.74, 6) is -1.57. The van der Waals surface area contributed by atoms with Crippen molar-refractivity contribution >= 4 is 28.6 Å². The van der Waals surface area contributed by atoms with E-state index >= 15 is 0 Å². The Balaban J connectivity index is 1.34. The van der Waals surface area contributed by atoms with Gasteiger partial charge in [0.05, 0.1) is 16.5 Å².